The lowest BCUT2D eigenvalue weighted by atomic mass is 10.1. The molecule has 74 valence electrons. The Morgan fingerprint density at radius 1 is 1.57 bits per heavy atom. The van der Waals surface area contributed by atoms with Gasteiger partial charge in [0.2, 0.25) is 0 Å². The molecule has 0 fully saturated rings. The summed E-state index contributed by atoms with van der Waals surface area (Å²) in [5.41, 5.74) is 0.692. The quantitative estimate of drug-likeness (QED) is 0.785. The molecule has 2 atom stereocenters. The molecule has 1 aliphatic heterocycles. The smallest absolute Gasteiger partial charge is 0.115 e. The summed E-state index contributed by atoms with van der Waals surface area (Å²) in [5.74, 6) is 0. The first-order valence-corrected chi connectivity index (χ1v) is 5.26. The lowest BCUT2D eigenvalue weighted by molar-refractivity contribution is 0.148. The Labute approximate surface area is 91.0 Å². The number of halogens is 1. The molecule has 0 aliphatic carbocycles. The van der Waals surface area contributed by atoms with E-state index in [1.165, 1.54) is 0 Å². The Balaban J connectivity index is 2.14. The van der Waals surface area contributed by atoms with E-state index in [1.807, 2.05) is 24.3 Å². The Kier molecular flexibility index (Phi) is 2.96. The van der Waals surface area contributed by atoms with E-state index < -0.39 is 6.10 Å². The van der Waals surface area contributed by atoms with Crippen LogP contribution in [-0.2, 0) is 0 Å². The summed E-state index contributed by atoms with van der Waals surface area (Å²) in [5, 5.41) is 13.1. The molecule has 0 aromatic carbocycles. The van der Waals surface area contributed by atoms with Gasteiger partial charge in [-0.3, -0.25) is 4.98 Å². The lowest BCUT2D eigenvalue weighted by Gasteiger charge is -2.16. The SMILES string of the molecule is OC(c1ccc(Br)cn1)C1C=CCN1. The molecular weight excluding hydrogens is 244 g/mol. The van der Waals surface area contributed by atoms with Gasteiger partial charge >= 0.3 is 0 Å². The number of aromatic nitrogens is 1. The molecule has 2 heterocycles. The summed E-state index contributed by atoms with van der Waals surface area (Å²) in [6.07, 6.45) is 5.10. The molecule has 2 rings (SSSR count). The summed E-state index contributed by atoms with van der Waals surface area (Å²) >= 11 is 3.30. The fraction of sp³-hybridized carbons (Fsp3) is 0.300. The third kappa shape index (κ3) is 2.03. The Bertz CT molecular complexity index is 336. The average Bonchev–Trinajstić information content (AvgIpc) is 2.71. The minimum absolute atomic E-state index is 0.0105. The molecule has 4 heteroatoms. The van der Waals surface area contributed by atoms with Crippen LogP contribution in [0.2, 0.25) is 0 Å². The van der Waals surface area contributed by atoms with Crippen molar-refractivity contribution in [3.05, 3.63) is 40.6 Å². The molecule has 1 aromatic rings. The van der Waals surface area contributed by atoms with Gasteiger partial charge in [0.15, 0.2) is 0 Å². The Morgan fingerprint density at radius 2 is 2.43 bits per heavy atom. The number of hydrogen-bond acceptors (Lipinski definition) is 3. The molecule has 1 aromatic heterocycles. The minimum atomic E-state index is -0.568. The van der Waals surface area contributed by atoms with Gasteiger partial charge in [0.05, 0.1) is 11.7 Å². The largest absolute Gasteiger partial charge is 0.385 e. The van der Waals surface area contributed by atoms with Crippen LogP contribution in [0.4, 0.5) is 0 Å². The maximum Gasteiger partial charge on any atom is 0.115 e. The van der Waals surface area contributed by atoms with Crippen molar-refractivity contribution in [2.75, 3.05) is 6.54 Å². The molecular formula is C10H11BrN2O. The van der Waals surface area contributed by atoms with Crippen LogP contribution in [0, 0.1) is 0 Å². The van der Waals surface area contributed by atoms with Gasteiger partial charge in [0.25, 0.3) is 0 Å². The molecule has 0 saturated heterocycles. The fourth-order valence-corrected chi connectivity index (χ4v) is 1.68. The first-order valence-electron chi connectivity index (χ1n) is 4.47. The number of pyridine rings is 1. The van der Waals surface area contributed by atoms with E-state index in [9.17, 15) is 5.11 Å². The summed E-state index contributed by atoms with van der Waals surface area (Å²) in [6, 6.07) is 3.69. The van der Waals surface area contributed by atoms with Crippen LogP contribution in [0.3, 0.4) is 0 Å². The molecule has 2 unspecified atom stereocenters. The summed E-state index contributed by atoms with van der Waals surface area (Å²) in [7, 11) is 0. The molecule has 0 spiro atoms. The second-order valence-electron chi connectivity index (χ2n) is 3.21. The minimum Gasteiger partial charge on any atom is -0.385 e. The zero-order valence-corrected chi connectivity index (χ0v) is 9.11. The summed E-state index contributed by atoms with van der Waals surface area (Å²) in [4.78, 5) is 4.15. The van der Waals surface area contributed by atoms with Crippen LogP contribution in [0.5, 0.6) is 0 Å². The maximum absolute atomic E-state index is 9.92. The van der Waals surface area contributed by atoms with E-state index in [0.29, 0.717) is 5.69 Å². The van der Waals surface area contributed by atoms with E-state index in [1.54, 1.807) is 6.20 Å². The van der Waals surface area contributed by atoms with Gasteiger partial charge in [-0.25, -0.2) is 0 Å². The monoisotopic (exact) mass is 254 g/mol. The molecule has 1 aliphatic rings. The van der Waals surface area contributed by atoms with E-state index in [4.69, 9.17) is 0 Å². The van der Waals surface area contributed by atoms with E-state index in [0.717, 1.165) is 11.0 Å². The van der Waals surface area contributed by atoms with Gasteiger partial charge in [-0.05, 0) is 28.1 Å². The highest BCUT2D eigenvalue weighted by atomic mass is 79.9. The summed E-state index contributed by atoms with van der Waals surface area (Å²) < 4.78 is 0.920. The van der Waals surface area contributed by atoms with Crippen molar-refractivity contribution in [3.8, 4) is 0 Å². The Morgan fingerprint density at radius 3 is 3.00 bits per heavy atom. The lowest BCUT2D eigenvalue weighted by Crippen LogP contribution is -2.29. The highest BCUT2D eigenvalue weighted by Gasteiger charge is 2.20. The Hall–Kier alpha value is -0.710. The predicted octanol–water partition coefficient (Wildman–Crippen LogP) is 1.41. The highest BCUT2D eigenvalue weighted by molar-refractivity contribution is 9.10. The zero-order valence-electron chi connectivity index (χ0n) is 7.52. The molecule has 0 radical (unpaired) electrons. The number of aliphatic hydroxyl groups is 1. The predicted molar refractivity (Wildman–Crippen MR) is 57.8 cm³/mol. The van der Waals surface area contributed by atoms with Gasteiger partial charge in [-0.1, -0.05) is 12.2 Å². The average molecular weight is 255 g/mol. The number of rotatable bonds is 2. The standard InChI is InChI=1S/C10H11BrN2O/c11-7-3-4-9(13-6-7)10(14)8-2-1-5-12-8/h1-4,6,8,10,12,14H,5H2. The molecule has 0 amide bonds. The van der Waals surface area contributed by atoms with Gasteiger partial charge < -0.3 is 10.4 Å². The first-order chi connectivity index (χ1) is 6.77. The molecule has 2 N–H and O–H groups in total. The highest BCUT2D eigenvalue weighted by Crippen LogP contribution is 2.18. The zero-order chi connectivity index (χ0) is 9.97. The van der Waals surface area contributed by atoms with E-state index >= 15 is 0 Å². The molecule has 0 bridgehead atoms. The number of hydrogen-bond donors (Lipinski definition) is 2. The maximum atomic E-state index is 9.92. The van der Waals surface area contributed by atoms with Gasteiger partial charge in [0, 0.05) is 17.2 Å². The van der Waals surface area contributed by atoms with Crippen molar-refractivity contribution in [3.63, 3.8) is 0 Å². The van der Waals surface area contributed by atoms with Crippen molar-refractivity contribution >= 4 is 15.9 Å². The van der Waals surface area contributed by atoms with Crippen LogP contribution >= 0.6 is 15.9 Å². The third-order valence-corrected chi connectivity index (χ3v) is 2.68. The van der Waals surface area contributed by atoms with Gasteiger partial charge in [-0.15, -0.1) is 0 Å². The second kappa shape index (κ2) is 4.21. The van der Waals surface area contributed by atoms with Crippen LogP contribution in [0.15, 0.2) is 35.0 Å². The molecule has 14 heavy (non-hydrogen) atoms. The topological polar surface area (TPSA) is 45.2 Å². The van der Waals surface area contributed by atoms with E-state index in [-0.39, 0.29) is 6.04 Å². The van der Waals surface area contributed by atoms with Crippen molar-refractivity contribution < 1.29 is 5.11 Å². The number of nitrogens with zero attached hydrogens (tertiary/aromatic N) is 1. The fourth-order valence-electron chi connectivity index (χ4n) is 1.45. The normalized spacial score (nSPS) is 22.6. The first kappa shape index (κ1) is 9.83. The van der Waals surface area contributed by atoms with Gasteiger partial charge in [0.1, 0.15) is 6.10 Å². The molecule has 3 nitrogen and oxygen atoms in total. The van der Waals surface area contributed by atoms with Crippen LogP contribution in [0.25, 0.3) is 0 Å². The second-order valence-corrected chi connectivity index (χ2v) is 4.12. The number of aliphatic hydroxyl groups excluding tert-OH is 1. The summed E-state index contributed by atoms with van der Waals surface area (Å²) in [6.45, 7) is 0.818. The van der Waals surface area contributed by atoms with Crippen LogP contribution < -0.4 is 5.32 Å². The van der Waals surface area contributed by atoms with Crippen molar-refractivity contribution in [1.82, 2.24) is 10.3 Å². The van der Waals surface area contributed by atoms with Crippen molar-refractivity contribution in [2.24, 2.45) is 0 Å². The van der Waals surface area contributed by atoms with Gasteiger partial charge in [-0.2, -0.15) is 0 Å². The van der Waals surface area contributed by atoms with Crippen LogP contribution in [0.1, 0.15) is 11.8 Å². The molecule has 0 saturated carbocycles. The van der Waals surface area contributed by atoms with E-state index in [2.05, 4.69) is 26.2 Å². The van der Waals surface area contributed by atoms with Crippen LogP contribution in [-0.4, -0.2) is 22.7 Å². The third-order valence-electron chi connectivity index (χ3n) is 2.21. The van der Waals surface area contributed by atoms with Crippen molar-refractivity contribution in [2.45, 2.75) is 12.1 Å². The van der Waals surface area contributed by atoms with Crippen molar-refractivity contribution in [1.29, 1.82) is 0 Å². The number of nitrogens with one attached hydrogen (secondary N) is 1.